The standard InChI is InChI=1S/C18H13ClIN3O2S/c1-10-13(20)5-8-16(21-10)22-18(26)23-17(24)15-7-6-14(25-15)11-3-2-4-12(19)9-11/h2-9H,1H3,(H2,21,22,23,24,26). The second kappa shape index (κ2) is 8.15. The number of hydrogen-bond donors (Lipinski definition) is 2. The van der Waals surface area contributed by atoms with E-state index in [1.54, 1.807) is 30.3 Å². The molecule has 0 aliphatic rings. The number of pyridine rings is 1. The maximum absolute atomic E-state index is 12.3. The molecular weight excluding hydrogens is 485 g/mol. The van der Waals surface area contributed by atoms with Gasteiger partial charge in [0.25, 0.3) is 5.91 Å². The fourth-order valence-electron chi connectivity index (χ4n) is 2.18. The molecule has 8 heteroatoms. The highest BCUT2D eigenvalue weighted by Crippen LogP contribution is 2.24. The lowest BCUT2D eigenvalue weighted by atomic mass is 10.2. The molecule has 2 N–H and O–H groups in total. The van der Waals surface area contributed by atoms with Crippen molar-refractivity contribution >= 4 is 63.2 Å². The number of benzene rings is 1. The monoisotopic (exact) mass is 497 g/mol. The van der Waals surface area contributed by atoms with E-state index in [1.807, 2.05) is 25.1 Å². The third-order valence-corrected chi connectivity index (χ3v) is 5.01. The third-order valence-electron chi connectivity index (χ3n) is 3.43. The molecule has 0 unspecified atom stereocenters. The summed E-state index contributed by atoms with van der Waals surface area (Å²) in [7, 11) is 0. The number of furan rings is 1. The van der Waals surface area contributed by atoms with E-state index in [4.69, 9.17) is 28.2 Å². The number of nitrogens with zero attached hydrogens (tertiary/aromatic N) is 1. The molecule has 2 aromatic heterocycles. The van der Waals surface area contributed by atoms with Gasteiger partial charge in [-0.15, -0.1) is 0 Å². The summed E-state index contributed by atoms with van der Waals surface area (Å²) in [4.78, 5) is 16.6. The van der Waals surface area contributed by atoms with Crippen molar-refractivity contribution in [3.63, 3.8) is 0 Å². The van der Waals surface area contributed by atoms with Gasteiger partial charge in [-0.3, -0.25) is 10.1 Å². The van der Waals surface area contributed by atoms with E-state index in [2.05, 4.69) is 38.2 Å². The van der Waals surface area contributed by atoms with Crippen LogP contribution in [0, 0.1) is 10.5 Å². The number of thiocarbonyl (C=S) groups is 1. The second-order valence-corrected chi connectivity index (χ2v) is 7.35. The first kappa shape index (κ1) is 18.8. The van der Waals surface area contributed by atoms with Crippen LogP contribution in [0.4, 0.5) is 5.82 Å². The Morgan fingerprint density at radius 1 is 1.23 bits per heavy atom. The number of halogens is 2. The summed E-state index contributed by atoms with van der Waals surface area (Å²) in [5.74, 6) is 0.813. The molecule has 0 fully saturated rings. The van der Waals surface area contributed by atoms with Crippen LogP contribution in [-0.4, -0.2) is 16.0 Å². The Balaban J connectivity index is 1.66. The van der Waals surface area contributed by atoms with Crippen LogP contribution >= 0.6 is 46.4 Å². The van der Waals surface area contributed by atoms with Crippen LogP contribution in [0.1, 0.15) is 16.2 Å². The number of anilines is 1. The Kier molecular flexibility index (Phi) is 5.90. The molecular formula is C18H13ClIN3O2S. The van der Waals surface area contributed by atoms with E-state index < -0.39 is 5.91 Å². The van der Waals surface area contributed by atoms with Gasteiger partial charge < -0.3 is 9.73 Å². The molecule has 0 spiro atoms. The van der Waals surface area contributed by atoms with Gasteiger partial charge in [-0.05, 0) is 78.1 Å². The molecule has 0 atom stereocenters. The van der Waals surface area contributed by atoms with E-state index >= 15 is 0 Å². The fourth-order valence-corrected chi connectivity index (χ4v) is 2.87. The summed E-state index contributed by atoms with van der Waals surface area (Å²) < 4.78 is 6.65. The molecule has 0 aliphatic carbocycles. The topological polar surface area (TPSA) is 67.2 Å². The van der Waals surface area contributed by atoms with Crippen LogP contribution < -0.4 is 10.6 Å². The molecule has 0 aliphatic heterocycles. The van der Waals surface area contributed by atoms with E-state index in [9.17, 15) is 4.79 Å². The molecule has 0 radical (unpaired) electrons. The van der Waals surface area contributed by atoms with Crippen LogP contribution in [0.2, 0.25) is 5.02 Å². The molecule has 3 rings (SSSR count). The van der Waals surface area contributed by atoms with Crippen molar-refractivity contribution in [2.75, 3.05) is 5.32 Å². The Bertz CT molecular complexity index is 990. The van der Waals surface area contributed by atoms with Gasteiger partial charge in [0, 0.05) is 14.2 Å². The van der Waals surface area contributed by atoms with Gasteiger partial charge in [-0.1, -0.05) is 23.7 Å². The lowest BCUT2D eigenvalue weighted by Gasteiger charge is -2.09. The Morgan fingerprint density at radius 3 is 2.77 bits per heavy atom. The van der Waals surface area contributed by atoms with Crippen molar-refractivity contribution in [1.82, 2.24) is 10.3 Å². The first-order valence-corrected chi connectivity index (χ1v) is 9.40. The van der Waals surface area contributed by atoms with Crippen molar-refractivity contribution in [2.45, 2.75) is 6.92 Å². The number of carbonyl (C=O) groups is 1. The average Bonchev–Trinajstić information content (AvgIpc) is 3.08. The molecule has 1 amide bonds. The van der Waals surface area contributed by atoms with Crippen LogP contribution in [0.3, 0.4) is 0 Å². The summed E-state index contributed by atoms with van der Waals surface area (Å²) in [5.41, 5.74) is 1.66. The molecule has 0 bridgehead atoms. The van der Waals surface area contributed by atoms with E-state index in [0.29, 0.717) is 16.6 Å². The minimum Gasteiger partial charge on any atom is -0.451 e. The zero-order valence-corrected chi connectivity index (χ0v) is 17.3. The summed E-state index contributed by atoms with van der Waals surface area (Å²) in [6.07, 6.45) is 0. The molecule has 0 saturated heterocycles. The quantitative estimate of drug-likeness (QED) is 0.392. The maximum atomic E-state index is 12.3. The predicted octanol–water partition coefficient (Wildman–Crippen LogP) is 5.03. The summed E-state index contributed by atoms with van der Waals surface area (Å²) in [6.45, 7) is 1.90. The SMILES string of the molecule is Cc1nc(NC(=S)NC(=O)c2ccc(-c3cccc(Cl)c3)o2)ccc1I. The highest BCUT2D eigenvalue weighted by molar-refractivity contribution is 14.1. The normalized spacial score (nSPS) is 10.4. The molecule has 0 saturated carbocycles. The molecule has 3 aromatic rings. The molecule has 2 heterocycles. The van der Waals surface area contributed by atoms with Crippen molar-refractivity contribution in [2.24, 2.45) is 0 Å². The lowest BCUT2D eigenvalue weighted by molar-refractivity contribution is 0.0951. The number of rotatable bonds is 3. The van der Waals surface area contributed by atoms with Gasteiger partial charge in [0.15, 0.2) is 10.9 Å². The Morgan fingerprint density at radius 2 is 2.04 bits per heavy atom. The second-order valence-electron chi connectivity index (χ2n) is 5.35. The van der Waals surface area contributed by atoms with Gasteiger partial charge in [0.2, 0.25) is 0 Å². The molecule has 5 nitrogen and oxygen atoms in total. The fraction of sp³-hybridized carbons (Fsp3) is 0.0556. The third kappa shape index (κ3) is 4.60. The van der Waals surface area contributed by atoms with Crippen LogP contribution in [0.15, 0.2) is 52.9 Å². The highest BCUT2D eigenvalue weighted by Gasteiger charge is 2.14. The van der Waals surface area contributed by atoms with Gasteiger partial charge >= 0.3 is 0 Å². The smallest absolute Gasteiger partial charge is 0.293 e. The minimum atomic E-state index is -0.446. The number of aryl methyl sites for hydroxylation is 1. The van der Waals surface area contributed by atoms with Gasteiger partial charge in [-0.2, -0.15) is 0 Å². The van der Waals surface area contributed by atoms with Crippen molar-refractivity contribution in [1.29, 1.82) is 0 Å². The largest absolute Gasteiger partial charge is 0.451 e. The van der Waals surface area contributed by atoms with E-state index in [-0.39, 0.29) is 10.9 Å². The zero-order valence-electron chi connectivity index (χ0n) is 13.5. The van der Waals surface area contributed by atoms with Gasteiger partial charge in [0.05, 0.1) is 5.69 Å². The number of hydrogen-bond acceptors (Lipinski definition) is 4. The molecule has 26 heavy (non-hydrogen) atoms. The Hall–Kier alpha value is -1.97. The predicted molar refractivity (Wildman–Crippen MR) is 115 cm³/mol. The maximum Gasteiger partial charge on any atom is 0.293 e. The average molecular weight is 498 g/mol. The minimum absolute atomic E-state index is 0.142. The van der Waals surface area contributed by atoms with Gasteiger partial charge in [0.1, 0.15) is 11.6 Å². The van der Waals surface area contributed by atoms with Crippen molar-refractivity contribution < 1.29 is 9.21 Å². The number of aromatic nitrogens is 1. The Labute approximate surface area is 174 Å². The van der Waals surface area contributed by atoms with E-state index in [0.717, 1.165) is 14.8 Å². The highest BCUT2D eigenvalue weighted by atomic mass is 127. The van der Waals surface area contributed by atoms with Crippen LogP contribution in [-0.2, 0) is 0 Å². The lowest BCUT2D eigenvalue weighted by Crippen LogP contribution is -2.34. The molecule has 1 aromatic carbocycles. The number of nitrogens with one attached hydrogen (secondary N) is 2. The summed E-state index contributed by atoms with van der Waals surface area (Å²) >= 11 is 13.3. The zero-order chi connectivity index (χ0) is 18.7. The first-order chi connectivity index (χ1) is 12.4. The van der Waals surface area contributed by atoms with Gasteiger partial charge in [-0.25, -0.2) is 4.98 Å². The first-order valence-electron chi connectivity index (χ1n) is 7.53. The van der Waals surface area contributed by atoms with Crippen molar-refractivity contribution in [3.05, 3.63) is 68.6 Å². The number of amides is 1. The number of carbonyl (C=O) groups excluding carboxylic acids is 1. The van der Waals surface area contributed by atoms with Crippen molar-refractivity contribution in [3.8, 4) is 11.3 Å². The summed E-state index contributed by atoms with van der Waals surface area (Å²) in [5, 5.41) is 6.19. The van der Waals surface area contributed by atoms with Crippen LogP contribution in [0.25, 0.3) is 11.3 Å². The van der Waals surface area contributed by atoms with E-state index in [1.165, 1.54) is 0 Å². The summed E-state index contributed by atoms with van der Waals surface area (Å²) in [6, 6.07) is 14.2. The molecule has 132 valence electrons. The van der Waals surface area contributed by atoms with Crippen LogP contribution in [0.5, 0.6) is 0 Å².